The van der Waals surface area contributed by atoms with Crippen molar-refractivity contribution < 1.29 is 16.5 Å². The van der Waals surface area contributed by atoms with Crippen LogP contribution in [-0.4, -0.2) is 0 Å². The smallest absolute Gasteiger partial charge is 0.693 e. The van der Waals surface area contributed by atoms with Crippen molar-refractivity contribution >= 4 is 18.8 Å². The van der Waals surface area contributed by atoms with Crippen LogP contribution in [0.5, 0.6) is 0 Å². The number of halogens is 2. The Labute approximate surface area is 73.9 Å². The minimum atomic E-state index is -0.472. The monoisotopic (exact) mass is 351 g/mol. The first-order valence-corrected chi connectivity index (χ1v) is 6.69. The summed E-state index contributed by atoms with van der Waals surface area (Å²) in [5, 5.41) is 0. The molecule has 0 aromatic carbocycles. The Balaban J connectivity index is -0.00000000825. The van der Waals surface area contributed by atoms with E-state index in [1.807, 2.05) is 0 Å². The topological polar surface area (TPSA) is 67.0 Å². The molecule has 0 aromatic heterocycles. The maximum Gasteiger partial charge on any atom is -0.693 e. The third kappa shape index (κ3) is 863. The van der Waals surface area contributed by atoms with E-state index >= 15 is 0 Å². The molecule has 0 saturated carbocycles. The first kappa shape index (κ1) is 33.3. The van der Waals surface area contributed by atoms with Crippen molar-refractivity contribution in [1.82, 2.24) is 0 Å². The molecule has 5 heteroatoms. The number of hydrogen-bond acceptors (Lipinski definition) is 0. The second-order valence-electron chi connectivity index (χ2n) is 0.0452. The van der Waals surface area contributed by atoms with E-state index in [1.54, 1.807) is 0 Å². The van der Waals surface area contributed by atoms with E-state index in [9.17, 15) is 0 Å². The van der Waals surface area contributed by atoms with E-state index in [0.717, 1.165) is 0 Å². The molecule has 0 rings (SSSR count). The molecule has 0 radical (unpaired) electrons. The van der Waals surface area contributed by atoms with Gasteiger partial charge in [0.1, 0.15) is 0 Å². The molecule has 0 fully saturated rings. The molecule has 4 N–H and O–H groups in total. The summed E-state index contributed by atoms with van der Waals surface area (Å²) in [4.78, 5) is 0. The molecule has 0 unspecified atom stereocenters. The average molecular weight is 352 g/mol. The second-order valence-corrected chi connectivity index (χ2v) is 3.33. The molecule has 2 nitrogen and oxygen atoms in total. The Morgan fingerprint density at radius 1 is 0.889 bits per heavy atom. The third-order valence-corrected chi connectivity index (χ3v) is 0. The van der Waals surface area contributed by atoms with E-state index in [4.69, 9.17) is 18.8 Å². The Hall–Kier alpha value is 0.668. The van der Waals surface area contributed by atoms with Gasteiger partial charge >= 0.3 is 35.3 Å². The summed E-state index contributed by atoms with van der Waals surface area (Å²) < 4.78 is 0. The van der Waals surface area contributed by atoms with Gasteiger partial charge in [-0.25, -0.2) is 0 Å². The van der Waals surface area contributed by atoms with Gasteiger partial charge in [0.05, 0.1) is 0 Å². The van der Waals surface area contributed by atoms with Crippen molar-refractivity contribution in [1.29, 1.82) is 0 Å². The van der Waals surface area contributed by atoms with Gasteiger partial charge < -0.3 is 25.5 Å². The van der Waals surface area contributed by atoms with Crippen LogP contribution in [0.4, 0.5) is 0 Å². The zero-order valence-electron chi connectivity index (χ0n) is 4.80. The largest absolute Gasteiger partial charge is 0.693 e. The molecule has 0 aliphatic heterocycles. The third-order valence-electron chi connectivity index (χ3n) is 0. The van der Waals surface area contributed by atoms with Crippen molar-refractivity contribution in [2.24, 2.45) is 0 Å². The predicted molar refractivity (Wildman–Crippen MR) is 42.1 cm³/mol. The van der Waals surface area contributed by atoms with Gasteiger partial charge in [-0.2, -0.15) is 0 Å². The van der Waals surface area contributed by atoms with E-state index in [0.29, 0.717) is 0 Å². The van der Waals surface area contributed by atoms with Crippen LogP contribution in [-0.2, 0) is 16.5 Å². The van der Waals surface area contributed by atoms with Gasteiger partial charge in [-0.3, -0.25) is 13.2 Å². The van der Waals surface area contributed by atoms with Crippen LogP contribution in [0.25, 0.3) is 12.3 Å². The quantitative estimate of drug-likeness (QED) is 0.591. The summed E-state index contributed by atoms with van der Waals surface area (Å²) in [6, 6.07) is 0. The van der Waals surface area contributed by atoms with Crippen molar-refractivity contribution in [3.8, 4) is 0 Å². The first-order chi connectivity index (χ1) is 3.41. The van der Waals surface area contributed by atoms with E-state index in [-0.39, 0.29) is 12.3 Å². The van der Waals surface area contributed by atoms with Crippen LogP contribution < -0.4 is 0 Å². The van der Waals surface area contributed by atoms with Gasteiger partial charge in [-0.05, 0) is 0 Å². The maximum absolute atomic E-state index is 4.88. The Morgan fingerprint density at radius 3 is 0.889 bits per heavy atom. The van der Waals surface area contributed by atoms with E-state index < -0.39 is 16.5 Å². The Kier molecular flexibility index (Phi) is 678. The summed E-state index contributed by atoms with van der Waals surface area (Å²) in [6.45, 7) is 14.0. The minimum Gasteiger partial charge on any atom is -0.693 e. The normalized spacial score (nSPS) is 3.33. The molecular weight excluding hydrogens is 342 g/mol. The number of nitrogens with two attached hydrogens (primary N) is 2. The van der Waals surface area contributed by atoms with Crippen molar-refractivity contribution in [2.45, 2.75) is 0 Å². The molecule has 0 saturated heterocycles. The van der Waals surface area contributed by atoms with Gasteiger partial charge in [0.25, 0.3) is 0 Å². The van der Waals surface area contributed by atoms with Crippen molar-refractivity contribution in [3.05, 3.63) is 38.6 Å². The number of hydrogen-bond donors (Lipinski definition) is 0. The molecule has 0 aliphatic carbocycles. The molecular formula is C4H10Cl2N2Pt-4. The summed E-state index contributed by atoms with van der Waals surface area (Å²) in [7, 11) is 9.75. The van der Waals surface area contributed by atoms with Crippen LogP contribution in [0.2, 0.25) is 0 Å². The molecule has 0 spiro atoms. The van der Waals surface area contributed by atoms with Gasteiger partial charge in [0.2, 0.25) is 0 Å². The minimum absolute atomic E-state index is 0. The first-order valence-electron chi connectivity index (χ1n) is 1.06. The Morgan fingerprint density at radius 2 is 0.889 bits per heavy atom. The molecule has 0 aliphatic rings. The standard InChI is InChI=1S/2C2H3.2ClH.2H2N.Pt/c2*1-2;;;;;/h2*1H,2H2;2*1H;2*1H2;/q2*-1;;;2*-1;+2/p-2. The van der Waals surface area contributed by atoms with E-state index in [2.05, 4.69) is 26.3 Å². The van der Waals surface area contributed by atoms with Gasteiger partial charge in [0, 0.05) is 0 Å². The maximum atomic E-state index is 4.88. The van der Waals surface area contributed by atoms with Gasteiger partial charge in [0.15, 0.2) is 0 Å². The number of rotatable bonds is 0. The van der Waals surface area contributed by atoms with Crippen LogP contribution >= 0.6 is 18.8 Å². The predicted octanol–water partition coefficient (Wildman–Crippen LogP) is 4.02. The zero-order chi connectivity index (χ0) is 6.71. The molecule has 64 valence electrons. The molecule has 0 aromatic rings. The average Bonchev–Trinajstić information content (AvgIpc) is 1.78. The zero-order valence-corrected chi connectivity index (χ0v) is 8.58. The summed E-state index contributed by atoms with van der Waals surface area (Å²) in [5.41, 5.74) is 0. The van der Waals surface area contributed by atoms with E-state index in [1.165, 1.54) is 0 Å². The summed E-state index contributed by atoms with van der Waals surface area (Å²) in [5.74, 6) is 0. The fraction of sp³-hybridized carbons (Fsp3) is 0. The summed E-state index contributed by atoms with van der Waals surface area (Å²) in [6.07, 6.45) is 0. The van der Waals surface area contributed by atoms with Crippen molar-refractivity contribution in [3.63, 3.8) is 0 Å². The molecule has 9 heavy (non-hydrogen) atoms. The molecule has 0 heterocycles. The van der Waals surface area contributed by atoms with Crippen molar-refractivity contribution in [2.75, 3.05) is 0 Å². The van der Waals surface area contributed by atoms with Crippen LogP contribution in [0.3, 0.4) is 0 Å². The second kappa shape index (κ2) is 183. The summed E-state index contributed by atoms with van der Waals surface area (Å²) >= 11 is -0.472. The van der Waals surface area contributed by atoms with Gasteiger partial charge in [-0.1, -0.05) is 0 Å². The molecule has 0 bridgehead atoms. The van der Waals surface area contributed by atoms with Gasteiger partial charge in [-0.15, -0.1) is 0 Å². The van der Waals surface area contributed by atoms with Crippen LogP contribution in [0.15, 0.2) is 13.2 Å². The molecule has 0 amide bonds. The Bertz CT molecular complexity index is 24.0. The SMILES string of the molecule is [CH-]=C.[CH-]=C.[Cl][Pt][Cl].[NH2-].[NH2-]. The van der Waals surface area contributed by atoms with Crippen LogP contribution in [0, 0.1) is 13.2 Å². The fourth-order valence-corrected chi connectivity index (χ4v) is 0. The molecule has 0 atom stereocenters. The fourth-order valence-electron chi connectivity index (χ4n) is 0. The van der Waals surface area contributed by atoms with Crippen LogP contribution in [0.1, 0.15) is 0 Å².